The Kier molecular flexibility index (Phi) is 43.7. The number of unbranched alkanes of at least 4 members (excludes halogenated alkanes) is 25. The first-order valence-electron chi connectivity index (χ1n) is 21.6. The second kappa shape index (κ2) is 42.3. The number of aliphatic hydroxyl groups excluding tert-OH is 2. The molecule has 0 heterocycles. The van der Waals surface area contributed by atoms with Crippen LogP contribution >= 0.6 is 7.82 Å². The summed E-state index contributed by atoms with van der Waals surface area (Å²) >= 11 is 0. The van der Waals surface area contributed by atoms with Crippen molar-refractivity contribution in [2.75, 3.05) is 26.4 Å². The quantitative estimate of drug-likeness (QED) is 0.0208. The average molecular weight is 799 g/mol. The van der Waals surface area contributed by atoms with Crippen molar-refractivity contribution in [3.8, 4) is 0 Å². The molecule has 0 fully saturated rings. The van der Waals surface area contributed by atoms with Gasteiger partial charge in [-0.15, -0.1) is 0 Å². The van der Waals surface area contributed by atoms with Gasteiger partial charge >= 0.3 is 41.5 Å². The summed E-state index contributed by atoms with van der Waals surface area (Å²) in [5.41, 5.74) is 0. The van der Waals surface area contributed by atoms with Gasteiger partial charge in [-0.1, -0.05) is 167 Å². The first kappa shape index (κ1) is 55.8. The molecule has 0 spiro atoms. The minimum Gasteiger partial charge on any atom is -0.756 e. The fourth-order valence-corrected chi connectivity index (χ4v) is 6.82. The third-order valence-electron chi connectivity index (χ3n) is 9.41. The second-order valence-electron chi connectivity index (χ2n) is 14.7. The predicted octanol–water partition coefficient (Wildman–Crippen LogP) is 7.60. The third kappa shape index (κ3) is 41.3. The molecule has 54 heavy (non-hydrogen) atoms. The number of esters is 2. The number of rotatable bonds is 41. The summed E-state index contributed by atoms with van der Waals surface area (Å²) in [4.78, 5) is 37.1. The fraction of sp³-hybridized carbons (Fsp3) is 0.905. The number of phosphoric acid groups is 1. The summed E-state index contributed by atoms with van der Waals surface area (Å²) < 4.78 is 32.3. The van der Waals surface area contributed by atoms with Crippen molar-refractivity contribution in [1.82, 2.24) is 0 Å². The first-order chi connectivity index (χ1) is 25.7. The van der Waals surface area contributed by atoms with Gasteiger partial charge in [0.2, 0.25) is 0 Å². The summed E-state index contributed by atoms with van der Waals surface area (Å²) in [6, 6.07) is 0. The van der Waals surface area contributed by atoms with Gasteiger partial charge in [0.05, 0.1) is 19.8 Å². The van der Waals surface area contributed by atoms with Gasteiger partial charge in [0, 0.05) is 12.8 Å². The van der Waals surface area contributed by atoms with Crippen molar-refractivity contribution in [3.63, 3.8) is 0 Å². The van der Waals surface area contributed by atoms with Gasteiger partial charge in [-0.05, 0) is 38.5 Å². The van der Waals surface area contributed by atoms with E-state index in [4.69, 9.17) is 19.1 Å². The Bertz CT molecular complexity index is 906. The summed E-state index contributed by atoms with van der Waals surface area (Å²) in [6.45, 7) is 2.20. The maximum absolute atomic E-state index is 12.6. The van der Waals surface area contributed by atoms with Crippen LogP contribution in [-0.4, -0.2) is 60.8 Å². The number of ether oxygens (including phenoxy) is 2. The number of hydrogen-bond donors (Lipinski definition) is 2. The topological polar surface area (TPSA) is 152 Å². The van der Waals surface area contributed by atoms with Gasteiger partial charge in [0.1, 0.15) is 12.7 Å². The van der Waals surface area contributed by atoms with Crippen LogP contribution in [0.3, 0.4) is 0 Å². The molecule has 0 amide bonds. The van der Waals surface area contributed by atoms with E-state index < -0.39 is 51.8 Å². The molecule has 10 nitrogen and oxygen atoms in total. The van der Waals surface area contributed by atoms with Crippen LogP contribution in [0.1, 0.15) is 206 Å². The van der Waals surface area contributed by atoms with Gasteiger partial charge in [0.15, 0.2) is 6.10 Å². The van der Waals surface area contributed by atoms with E-state index in [-0.39, 0.29) is 49.0 Å². The summed E-state index contributed by atoms with van der Waals surface area (Å²) in [7, 11) is -4.86. The zero-order valence-corrected chi connectivity index (χ0v) is 37.9. The van der Waals surface area contributed by atoms with Crippen LogP contribution < -0.4 is 34.5 Å². The van der Waals surface area contributed by atoms with E-state index in [2.05, 4.69) is 30.5 Å². The van der Waals surface area contributed by atoms with Crippen LogP contribution in [0.2, 0.25) is 0 Å². The molecule has 0 aromatic rings. The molecule has 12 heteroatoms. The van der Waals surface area contributed by atoms with Crippen molar-refractivity contribution in [2.24, 2.45) is 0 Å². The summed E-state index contributed by atoms with van der Waals surface area (Å²) in [5, 5.41) is 18.3. The molecule has 2 unspecified atom stereocenters. The molecule has 0 bridgehead atoms. The average Bonchev–Trinajstić information content (AvgIpc) is 3.14. The molecule has 0 aliphatic rings. The first-order valence-corrected chi connectivity index (χ1v) is 23.1. The van der Waals surface area contributed by atoms with Crippen molar-refractivity contribution >= 4 is 19.8 Å². The Morgan fingerprint density at radius 2 is 0.944 bits per heavy atom. The largest absolute Gasteiger partial charge is 1.00 e. The summed E-state index contributed by atoms with van der Waals surface area (Å²) in [5.74, 6) is -0.961. The van der Waals surface area contributed by atoms with E-state index in [1.54, 1.807) is 0 Å². The molecule has 0 aromatic heterocycles. The molecule has 0 rings (SSSR count). The molecule has 0 aromatic carbocycles. The van der Waals surface area contributed by atoms with E-state index >= 15 is 0 Å². The fourth-order valence-electron chi connectivity index (χ4n) is 6.04. The molecule has 2 N–H and O–H groups in total. The summed E-state index contributed by atoms with van der Waals surface area (Å²) in [6.07, 6.45) is 35.8. The van der Waals surface area contributed by atoms with Gasteiger partial charge in [0.25, 0.3) is 7.82 Å². The Morgan fingerprint density at radius 1 is 0.574 bits per heavy atom. The van der Waals surface area contributed by atoms with Gasteiger partial charge in [-0.25, -0.2) is 0 Å². The van der Waals surface area contributed by atoms with E-state index in [1.165, 1.54) is 109 Å². The van der Waals surface area contributed by atoms with Crippen LogP contribution in [-0.2, 0) is 32.7 Å². The Labute approximate surface area is 352 Å². The molecule has 0 aliphatic heterocycles. The van der Waals surface area contributed by atoms with E-state index in [1.807, 2.05) is 0 Å². The molecular formula is C42H80NaO10P. The molecule has 0 saturated carbocycles. The molecule has 0 aliphatic carbocycles. The Morgan fingerprint density at radius 3 is 1.37 bits per heavy atom. The molecule has 3 atom stereocenters. The smallest absolute Gasteiger partial charge is 0.756 e. The van der Waals surface area contributed by atoms with Crippen LogP contribution in [0.25, 0.3) is 0 Å². The van der Waals surface area contributed by atoms with Crippen LogP contribution in [0.15, 0.2) is 12.2 Å². The van der Waals surface area contributed by atoms with Gasteiger partial charge < -0.3 is 33.6 Å². The van der Waals surface area contributed by atoms with Gasteiger partial charge in [-0.3, -0.25) is 14.2 Å². The van der Waals surface area contributed by atoms with Crippen LogP contribution in [0.4, 0.5) is 0 Å². The Hall–Kier alpha value is -0.290. The van der Waals surface area contributed by atoms with Crippen molar-refractivity contribution < 1.29 is 77.3 Å². The minimum atomic E-state index is -4.86. The van der Waals surface area contributed by atoms with Crippen molar-refractivity contribution in [1.29, 1.82) is 0 Å². The molecule has 314 valence electrons. The van der Waals surface area contributed by atoms with Crippen molar-refractivity contribution in [3.05, 3.63) is 12.2 Å². The normalized spacial score (nSPS) is 13.7. The van der Waals surface area contributed by atoms with E-state index in [0.29, 0.717) is 12.8 Å². The number of hydrogen-bond acceptors (Lipinski definition) is 10. The maximum Gasteiger partial charge on any atom is 1.00 e. The van der Waals surface area contributed by atoms with Gasteiger partial charge in [-0.2, -0.15) is 0 Å². The predicted molar refractivity (Wildman–Crippen MR) is 212 cm³/mol. The van der Waals surface area contributed by atoms with Crippen molar-refractivity contribution in [2.45, 2.75) is 219 Å². The molecule has 0 radical (unpaired) electrons. The number of aliphatic hydroxyl groups is 2. The second-order valence-corrected chi connectivity index (χ2v) is 16.1. The number of phosphoric ester groups is 1. The monoisotopic (exact) mass is 799 g/mol. The Balaban J connectivity index is 0. The number of allylic oxidation sites excluding steroid dienone is 2. The number of carbonyl (C=O) groups is 2. The standard InChI is InChI=1S/C42H81O10P.Na/c1-3-5-7-9-11-13-15-17-19-21-23-25-27-29-31-33-41(45)49-37-40(38-51-53(47,48)50-36-39(44)35-43)52-42(46)34-32-30-28-26-24-22-20-18-16-14-12-10-8-6-4-2;/h18,20,39-40,43-44H,3-17,19,21-38H2,1-2H3,(H,47,48);/q;+1/p-1/b20-18-;/t39?,40-;/m1./s1. The SMILES string of the molecule is CCCCCCCC/C=C\CCCCCCCC(=O)O[C@H](COC(=O)CCCCCCCCCCCCCCCCC)COP(=O)([O-])OCC(O)CO.[Na+]. The van der Waals surface area contributed by atoms with Crippen LogP contribution in [0.5, 0.6) is 0 Å². The zero-order valence-electron chi connectivity index (χ0n) is 35.0. The maximum atomic E-state index is 12.6. The number of carbonyl (C=O) groups excluding carboxylic acids is 2. The van der Waals surface area contributed by atoms with E-state index in [0.717, 1.165) is 57.8 Å². The minimum absolute atomic E-state index is 0. The third-order valence-corrected chi connectivity index (χ3v) is 10.3. The zero-order chi connectivity index (χ0) is 39.1. The molecular weight excluding hydrogens is 718 g/mol. The van der Waals surface area contributed by atoms with Crippen LogP contribution in [0, 0.1) is 0 Å². The molecule has 0 saturated heterocycles. The van der Waals surface area contributed by atoms with E-state index in [9.17, 15) is 24.2 Å².